The summed E-state index contributed by atoms with van der Waals surface area (Å²) >= 11 is 0. The number of nitrogens with zero attached hydrogens (tertiary/aromatic N) is 1. The third kappa shape index (κ3) is 5.09. The predicted molar refractivity (Wildman–Crippen MR) is 210 cm³/mol. The molecule has 1 aliphatic rings. The van der Waals surface area contributed by atoms with Crippen LogP contribution >= 0.6 is 0 Å². The van der Waals surface area contributed by atoms with Gasteiger partial charge < -0.3 is 4.57 Å². The Morgan fingerprint density at radius 1 is 0.500 bits per heavy atom. The molecule has 0 radical (unpaired) electrons. The molecule has 1 heterocycles. The highest BCUT2D eigenvalue weighted by Crippen LogP contribution is 2.54. The molecule has 7 aromatic carbocycles. The van der Waals surface area contributed by atoms with Crippen molar-refractivity contribution in [1.82, 2.24) is 4.57 Å². The van der Waals surface area contributed by atoms with Crippen LogP contribution in [0.5, 0.6) is 0 Å². The van der Waals surface area contributed by atoms with E-state index in [1.54, 1.807) is 0 Å². The standard InChI is InChI=1S/C49H39N/c1-49(2)45-27-13-12-26-42(45)47-44-33-40(28-29-46(44)50(48(47)49)41-24-10-5-11-25-41)43(36-19-8-4-9-20-36)31-34-16-14-21-37(30-34)39-23-15-22-38(32-39)35-17-6-3-7-18-35/h3-30,32-33,43H,31H2,1-2H3. The average molecular weight is 642 g/mol. The molecule has 0 bridgehead atoms. The average Bonchev–Trinajstić information content (AvgIpc) is 3.65. The van der Waals surface area contributed by atoms with Gasteiger partial charge in [-0.25, -0.2) is 0 Å². The first-order chi connectivity index (χ1) is 24.6. The molecule has 0 fully saturated rings. The van der Waals surface area contributed by atoms with Crippen molar-refractivity contribution >= 4 is 10.9 Å². The van der Waals surface area contributed by atoms with Gasteiger partial charge in [0.05, 0.1) is 5.52 Å². The Labute approximate surface area is 295 Å². The summed E-state index contributed by atoms with van der Waals surface area (Å²) in [6.07, 6.45) is 0.908. The Hall–Kier alpha value is -5.92. The van der Waals surface area contributed by atoms with Crippen LogP contribution in [-0.4, -0.2) is 4.57 Å². The van der Waals surface area contributed by atoms with E-state index in [9.17, 15) is 0 Å². The minimum absolute atomic E-state index is 0.127. The lowest BCUT2D eigenvalue weighted by Crippen LogP contribution is -2.19. The molecule has 0 saturated carbocycles. The maximum absolute atomic E-state index is 2.51. The van der Waals surface area contributed by atoms with E-state index in [0.29, 0.717) is 0 Å². The summed E-state index contributed by atoms with van der Waals surface area (Å²) in [5.74, 6) is 0.201. The third-order valence-corrected chi connectivity index (χ3v) is 10.7. The minimum Gasteiger partial charge on any atom is -0.312 e. The van der Waals surface area contributed by atoms with E-state index in [-0.39, 0.29) is 11.3 Å². The Balaban J connectivity index is 1.17. The van der Waals surface area contributed by atoms with Crippen molar-refractivity contribution < 1.29 is 0 Å². The van der Waals surface area contributed by atoms with Crippen molar-refractivity contribution in [3.63, 3.8) is 0 Å². The largest absolute Gasteiger partial charge is 0.312 e. The molecule has 1 aliphatic carbocycles. The molecule has 8 aromatic rings. The lowest BCUT2D eigenvalue weighted by Gasteiger charge is -2.24. The predicted octanol–water partition coefficient (Wildman–Crippen LogP) is 12.6. The van der Waals surface area contributed by atoms with Crippen molar-refractivity contribution in [3.8, 4) is 39.1 Å². The molecule has 0 saturated heterocycles. The molecule has 1 heteroatoms. The van der Waals surface area contributed by atoms with Gasteiger partial charge in [-0.15, -0.1) is 0 Å². The van der Waals surface area contributed by atoms with Crippen molar-refractivity contribution in [1.29, 1.82) is 0 Å². The van der Waals surface area contributed by atoms with Crippen LogP contribution in [0.25, 0.3) is 50.0 Å². The molecule has 9 rings (SSSR count). The highest BCUT2D eigenvalue weighted by atomic mass is 15.0. The first-order valence-electron chi connectivity index (χ1n) is 17.7. The molecule has 1 atom stereocenters. The Bertz CT molecular complexity index is 2470. The van der Waals surface area contributed by atoms with Gasteiger partial charge in [-0.1, -0.05) is 166 Å². The van der Waals surface area contributed by atoms with Gasteiger partial charge >= 0.3 is 0 Å². The van der Waals surface area contributed by atoms with Gasteiger partial charge in [0.15, 0.2) is 0 Å². The van der Waals surface area contributed by atoms with Gasteiger partial charge in [-0.2, -0.15) is 0 Å². The maximum Gasteiger partial charge on any atom is 0.0538 e. The zero-order chi connectivity index (χ0) is 33.7. The van der Waals surface area contributed by atoms with Crippen molar-refractivity contribution in [2.45, 2.75) is 31.6 Å². The summed E-state index contributed by atoms with van der Waals surface area (Å²) in [6.45, 7) is 4.76. The molecule has 1 nitrogen and oxygen atoms in total. The molecule has 50 heavy (non-hydrogen) atoms. The molecule has 0 spiro atoms. The first-order valence-corrected chi connectivity index (χ1v) is 17.7. The van der Waals surface area contributed by atoms with E-state index < -0.39 is 0 Å². The number of fused-ring (bicyclic) bond motifs is 5. The summed E-state index contributed by atoms with van der Waals surface area (Å²) in [6, 6.07) is 66.9. The van der Waals surface area contributed by atoms with Gasteiger partial charge in [0.2, 0.25) is 0 Å². The monoisotopic (exact) mass is 641 g/mol. The summed E-state index contributed by atoms with van der Waals surface area (Å²) in [5.41, 5.74) is 16.8. The second kappa shape index (κ2) is 12.2. The quantitative estimate of drug-likeness (QED) is 0.163. The summed E-state index contributed by atoms with van der Waals surface area (Å²) in [7, 11) is 0. The number of para-hydroxylation sites is 1. The second-order valence-electron chi connectivity index (χ2n) is 14.2. The molecule has 1 aromatic heterocycles. The fourth-order valence-corrected chi connectivity index (χ4v) is 8.35. The van der Waals surface area contributed by atoms with Crippen LogP contribution in [0.1, 0.15) is 47.7 Å². The Morgan fingerprint density at radius 3 is 1.86 bits per heavy atom. The lowest BCUT2D eigenvalue weighted by atomic mass is 9.84. The number of aromatic nitrogens is 1. The van der Waals surface area contributed by atoms with Crippen LogP contribution in [0, 0.1) is 0 Å². The summed E-state index contributed by atoms with van der Waals surface area (Å²) in [5, 5.41) is 1.33. The lowest BCUT2D eigenvalue weighted by molar-refractivity contribution is 0.624. The Morgan fingerprint density at radius 2 is 1.10 bits per heavy atom. The van der Waals surface area contributed by atoms with Crippen molar-refractivity contribution in [2.24, 2.45) is 0 Å². The van der Waals surface area contributed by atoms with E-state index in [0.717, 1.165) is 6.42 Å². The molecule has 0 aliphatic heterocycles. The Kier molecular flexibility index (Phi) is 7.36. The second-order valence-corrected chi connectivity index (χ2v) is 14.2. The highest BCUT2D eigenvalue weighted by molar-refractivity contribution is 6.04. The van der Waals surface area contributed by atoms with Crippen LogP contribution in [-0.2, 0) is 11.8 Å². The van der Waals surface area contributed by atoms with Crippen LogP contribution < -0.4 is 0 Å². The zero-order valence-corrected chi connectivity index (χ0v) is 28.6. The summed E-state index contributed by atoms with van der Waals surface area (Å²) < 4.78 is 2.51. The first kappa shape index (κ1) is 30.2. The van der Waals surface area contributed by atoms with E-state index in [4.69, 9.17) is 0 Å². The van der Waals surface area contributed by atoms with E-state index in [1.807, 2.05) is 0 Å². The normalized spacial score (nSPS) is 13.6. The van der Waals surface area contributed by atoms with Gasteiger partial charge in [0, 0.05) is 33.7 Å². The number of benzene rings is 7. The fraction of sp³-hybridized carbons (Fsp3) is 0.102. The number of hydrogen-bond donors (Lipinski definition) is 0. The van der Waals surface area contributed by atoms with Crippen molar-refractivity contribution in [3.05, 3.63) is 210 Å². The highest BCUT2D eigenvalue weighted by Gasteiger charge is 2.40. The van der Waals surface area contributed by atoms with Crippen LogP contribution in [0.3, 0.4) is 0 Å². The third-order valence-electron chi connectivity index (χ3n) is 10.7. The molecule has 1 unspecified atom stereocenters. The fourth-order valence-electron chi connectivity index (χ4n) is 8.35. The number of hydrogen-bond acceptors (Lipinski definition) is 0. The van der Waals surface area contributed by atoms with E-state index in [2.05, 4.69) is 200 Å². The molecule has 0 N–H and O–H groups in total. The van der Waals surface area contributed by atoms with Crippen LogP contribution in [0.2, 0.25) is 0 Å². The smallest absolute Gasteiger partial charge is 0.0538 e. The molecular formula is C49H39N. The molecule has 0 amide bonds. The van der Waals surface area contributed by atoms with E-state index in [1.165, 1.54) is 77.9 Å². The van der Waals surface area contributed by atoms with Gasteiger partial charge in [0.1, 0.15) is 0 Å². The SMILES string of the molecule is CC1(C)c2ccccc2-c2c1n(-c1ccccc1)c1ccc(C(Cc3cccc(-c4cccc(-c5ccccc5)c4)c3)c3ccccc3)cc21. The molecular weight excluding hydrogens is 603 g/mol. The zero-order valence-electron chi connectivity index (χ0n) is 28.6. The van der Waals surface area contributed by atoms with Gasteiger partial charge in [0.25, 0.3) is 0 Å². The van der Waals surface area contributed by atoms with Gasteiger partial charge in [-0.3, -0.25) is 0 Å². The van der Waals surface area contributed by atoms with Crippen molar-refractivity contribution in [2.75, 3.05) is 0 Å². The van der Waals surface area contributed by atoms with Gasteiger partial charge in [-0.05, 0) is 86.8 Å². The summed E-state index contributed by atoms with van der Waals surface area (Å²) in [4.78, 5) is 0. The minimum atomic E-state index is -0.127. The topological polar surface area (TPSA) is 4.93 Å². The molecule has 240 valence electrons. The number of rotatable bonds is 7. The van der Waals surface area contributed by atoms with E-state index >= 15 is 0 Å². The van der Waals surface area contributed by atoms with Crippen LogP contribution in [0.4, 0.5) is 0 Å². The maximum atomic E-state index is 2.51. The van der Waals surface area contributed by atoms with Crippen LogP contribution in [0.15, 0.2) is 182 Å².